The lowest BCUT2D eigenvalue weighted by atomic mass is 10.1. The summed E-state index contributed by atoms with van der Waals surface area (Å²) in [5, 5.41) is -0.313. The Morgan fingerprint density at radius 1 is 1.17 bits per heavy atom. The number of nitrogens with zero attached hydrogens (tertiary/aromatic N) is 1. The van der Waals surface area contributed by atoms with Crippen LogP contribution in [0.4, 0.5) is 23.2 Å². The Hall–Kier alpha value is -0.970. The molecule has 0 unspecified atom stereocenters. The average molecular weight is 282 g/mol. The van der Waals surface area contributed by atoms with Crippen molar-refractivity contribution in [2.45, 2.75) is 25.2 Å². The second-order valence-corrected chi connectivity index (χ2v) is 4.73. The maximum Gasteiger partial charge on any atom is 0.417 e. The Labute approximate surface area is 107 Å². The first-order valence-corrected chi connectivity index (χ1v) is 6.01. The Balaban J connectivity index is 2.24. The smallest absolute Gasteiger partial charge is 0.371 e. The molecule has 0 bridgehead atoms. The highest BCUT2D eigenvalue weighted by molar-refractivity contribution is 6.31. The molecule has 1 aliphatic rings. The first-order chi connectivity index (χ1) is 8.38. The monoisotopic (exact) mass is 281 g/mol. The normalized spacial score (nSPS) is 18.2. The molecular formula is C12H12ClF4N. The topological polar surface area (TPSA) is 3.24 Å². The molecule has 100 valence electrons. The minimum Gasteiger partial charge on any atom is -0.371 e. The number of halogens is 5. The summed E-state index contributed by atoms with van der Waals surface area (Å²) in [6, 6.07) is 3.80. The molecule has 0 radical (unpaired) electrons. The fourth-order valence-corrected chi connectivity index (χ4v) is 2.26. The highest BCUT2D eigenvalue weighted by Crippen LogP contribution is 2.37. The van der Waals surface area contributed by atoms with Gasteiger partial charge in [0.2, 0.25) is 0 Å². The molecule has 1 heterocycles. The Morgan fingerprint density at radius 2 is 1.78 bits per heavy atom. The molecule has 0 saturated carbocycles. The van der Waals surface area contributed by atoms with E-state index < -0.39 is 17.9 Å². The van der Waals surface area contributed by atoms with Gasteiger partial charge in [-0.1, -0.05) is 11.6 Å². The molecule has 0 amide bonds. The quantitative estimate of drug-likeness (QED) is 0.694. The summed E-state index contributed by atoms with van der Waals surface area (Å²) in [5.74, 6) is 0. The summed E-state index contributed by atoms with van der Waals surface area (Å²) in [4.78, 5) is 1.75. The van der Waals surface area contributed by atoms with Crippen LogP contribution in [0, 0.1) is 0 Å². The fraction of sp³-hybridized carbons (Fsp3) is 0.500. The van der Waals surface area contributed by atoms with Crippen LogP contribution < -0.4 is 4.90 Å². The highest BCUT2D eigenvalue weighted by Gasteiger charge is 2.34. The van der Waals surface area contributed by atoms with Crippen molar-refractivity contribution in [1.29, 1.82) is 0 Å². The van der Waals surface area contributed by atoms with Crippen molar-refractivity contribution in [3.05, 3.63) is 28.8 Å². The lowest BCUT2D eigenvalue weighted by molar-refractivity contribution is -0.137. The third-order valence-electron chi connectivity index (χ3n) is 3.04. The summed E-state index contributed by atoms with van der Waals surface area (Å²) in [6.07, 6.45) is -4.62. The van der Waals surface area contributed by atoms with Gasteiger partial charge in [-0.15, -0.1) is 0 Å². The van der Waals surface area contributed by atoms with Gasteiger partial charge in [-0.05, 0) is 31.0 Å². The van der Waals surface area contributed by atoms with E-state index in [1.165, 1.54) is 12.1 Å². The first-order valence-electron chi connectivity index (χ1n) is 5.63. The first kappa shape index (κ1) is 13.5. The maximum absolute atomic E-state index is 13.0. The van der Waals surface area contributed by atoms with Gasteiger partial charge in [-0.2, -0.15) is 13.2 Å². The van der Waals surface area contributed by atoms with Crippen molar-refractivity contribution in [3.63, 3.8) is 0 Å². The van der Waals surface area contributed by atoms with Crippen molar-refractivity contribution in [1.82, 2.24) is 0 Å². The number of alkyl halides is 4. The average Bonchev–Trinajstić information content (AvgIpc) is 2.29. The second-order valence-electron chi connectivity index (χ2n) is 4.32. The van der Waals surface area contributed by atoms with E-state index in [0.717, 1.165) is 6.07 Å². The van der Waals surface area contributed by atoms with Gasteiger partial charge < -0.3 is 4.90 Å². The van der Waals surface area contributed by atoms with Gasteiger partial charge in [-0.25, -0.2) is 4.39 Å². The maximum atomic E-state index is 13.0. The predicted molar refractivity (Wildman–Crippen MR) is 62.8 cm³/mol. The standard InChI is InChI=1S/C12H12ClF4N/c13-11-2-1-9(7-10(11)12(15,16)17)18-5-3-8(14)4-6-18/h1-2,7-8H,3-6H2. The molecule has 2 rings (SSSR count). The minimum absolute atomic E-state index is 0.313. The van der Waals surface area contributed by atoms with Crippen molar-refractivity contribution in [2.75, 3.05) is 18.0 Å². The van der Waals surface area contributed by atoms with Crippen LogP contribution in [0.2, 0.25) is 5.02 Å². The van der Waals surface area contributed by atoms with Crippen LogP contribution in [-0.2, 0) is 6.18 Å². The van der Waals surface area contributed by atoms with Crippen LogP contribution in [0.25, 0.3) is 0 Å². The Kier molecular flexibility index (Phi) is 3.71. The molecule has 0 spiro atoms. The van der Waals surface area contributed by atoms with E-state index in [0.29, 0.717) is 31.6 Å². The molecule has 1 fully saturated rings. The molecule has 1 aliphatic heterocycles. The van der Waals surface area contributed by atoms with Crippen molar-refractivity contribution in [2.24, 2.45) is 0 Å². The van der Waals surface area contributed by atoms with Gasteiger partial charge in [0.25, 0.3) is 0 Å². The molecule has 0 aliphatic carbocycles. The summed E-state index contributed by atoms with van der Waals surface area (Å²) >= 11 is 5.54. The zero-order valence-electron chi connectivity index (χ0n) is 9.47. The Morgan fingerprint density at radius 3 is 2.33 bits per heavy atom. The van der Waals surface area contributed by atoms with E-state index in [9.17, 15) is 17.6 Å². The van der Waals surface area contributed by atoms with Gasteiger partial charge in [0.15, 0.2) is 0 Å². The number of hydrogen-bond acceptors (Lipinski definition) is 1. The lowest BCUT2D eigenvalue weighted by Crippen LogP contribution is -2.34. The summed E-state index contributed by atoms with van der Waals surface area (Å²) in [5.41, 5.74) is -0.400. The Bertz CT molecular complexity index is 425. The minimum atomic E-state index is -4.47. The fourth-order valence-electron chi connectivity index (χ4n) is 2.03. The van der Waals surface area contributed by atoms with E-state index in [1.54, 1.807) is 4.90 Å². The molecule has 1 saturated heterocycles. The van der Waals surface area contributed by atoms with Gasteiger partial charge in [0.1, 0.15) is 6.17 Å². The van der Waals surface area contributed by atoms with Gasteiger partial charge in [-0.3, -0.25) is 0 Å². The van der Waals surface area contributed by atoms with Gasteiger partial charge >= 0.3 is 6.18 Å². The van der Waals surface area contributed by atoms with Gasteiger partial charge in [0, 0.05) is 18.8 Å². The predicted octanol–water partition coefficient (Wildman–Crippen LogP) is 4.30. The number of rotatable bonds is 1. The van der Waals surface area contributed by atoms with Crippen molar-refractivity contribution < 1.29 is 17.6 Å². The zero-order valence-corrected chi connectivity index (χ0v) is 10.2. The third-order valence-corrected chi connectivity index (χ3v) is 3.37. The number of benzene rings is 1. The molecule has 0 aromatic heterocycles. The van der Waals surface area contributed by atoms with E-state index in [1.807, 2.05) is 0 Å². The van der Waals surface area contributed by atoms with Crippen LogP contribution in [0.3, 0.4) is 0 Å². The molecular weight excluding hydrogens is 270 g/mol. The highest BCUT2D eigenvalue weighted by atomic mass is 35.5. The summed E-state index contributed by atoms with van der Waals surface area (Å²) < 4.78 is 51.1. The van der Waals surface area contributed by atoms with Crippen molar-refractivity contribution >= 4 is 17.3 Å². The largest absolute Gasteiger partial charge is 0.417 e. The molecule has 0 atom stereocenters. The van der Waals surface area contributed by atoms with E-state index in [-0.39, 0.29) is 5.02 Å². The molecule has 1 aromatic carbocycles. The van der Waals surface area contributed by atoms with Crippen LogP contribution >= 0.6 is 11.6 Å². The lowest BCUT2D eigenvalue weighted by Gasteiger charge is -2.31. The second kappa shape index (κ2) is 4.96. The van der Waals surface area contributed by atoms with Crippen LogP contribution in [-0.4, -0.2) is 19.3 Å². The van der Waals surface area contributed by atoms with E-state index in [2.05, 4.69) is 0 Å². The molecule has 0 N–H and O–H groups in total. The molecule has 6 heteroatoms. The summed E-state index contributed by atoms with van der Waals surface area (Å²) in [6.45, 7) is 0.861. The number of anilines is 1. The van der Waals surface area contributed by atoms with Crippen LogP contribution in [0.15, 0.2) is 18.2 Å². The zero-order chi connectivity index (χ0) is 13.3. The molecule has 18 heavy (non-hydrogen) atoms. The SMILES string of the molecule is FC1CCN(c2ccc(Cl)c(C(F)(F)F)c2)CC1. The molecule has 1 nitrogen and oxygen atoms in total. The number of piperidine rings is 1. The summed E-state index contributed by atoms with van der Waals surface area (Å²) in [7, 11) is 0. The molecule has 1 aromatic rings. The van der Waals surface area contributed by atoms with Crippen LogP contribution in [0.1, 0.15) is 18.4 Å². The van der Waals surface area contributed by atoms with E-state index >= 15 is 0 Å². The van der Waals surface area contributed by atoms with Crippen LogP contribution in [0.5, 0.6) is 0 Å². The van der Waals surface area contributed by atoms with Gasteiger partial charge in [0.05, 0.1) is 10.6 Å². The van der Waals surface area contributed by atoms with Crippen molar-refractivity contribution in [3.8, 4) is 0 Å². The third kappa shape index (κ3) is 2.88. The number of hydrogen-bond donors (Lipinski definition) is 0. The van der Waals surface area contributed by atoms with E-state index in [4.69, 9.17) is 11.6 Å².